The lowest BCUT2D eigenvalue weighted by molar-refractivity contribution is -0.212. The van der Waals surface area contributed by atoms with Gasteiger partial charge >= 0.3 is 12.1 Å². The summed E-state index contributed by atoms with van der Waals surface area (Å²) in [5.41, 5.74) is 6.99. The molecule has 3 aromatic rings. The van der Waals surface area contributed by atoms with Gasteiger partial charge in [-0.25, -0.2) is 9.59 Å². The van der Waals surface area contributed by atoms with Crippen LogP contribution < -0.4 is 15.1 Å². The zero-order chi connectivity index (χ0) is 45.6. The first-order valence-electron chi connectivity index (χ1n) is 23.6. The Morgan fingerprint density at radius 2 is 1.78 bits per heavy atom. The van der Waals surface area contributed by atoms with Crippen LogP contribution in [0.25, 0.3) is 22.2 Å². The predicted molar refractivity (Wildman–Crippen MR) is 252 cm³/mol. The lowest BCUT2D eigenvalue weighted by atomic mass is 9.75. The fourth-order valence-corrected chi connectivity index (χ4v) is 11.0. The second-order valence-electron chi connectivity index (χ2n) is 21.2. The second kappa shape index (κ2) is 18.8. The number of aliphatic carboxylic acids is 1. The molecule has 15 nitrogen and oxygen atoms in total. The first-order chi connectivity index (χ1) is 30.5. The van der Waals surface area contributed by atoms with E-state index >= 15 is 0 Å². The first kappa shape index (κ1) is 46.7. The molecular formula is C48H73N7O8Si. The number of rotatable bonds is 18. The molecule has 8 rings (SSSR count). The highest BCUT2D eigenvalue weighted by atomic mass is 28.3. The van der Waals surface area contributed by atoms with E-state index in [2.05, 4.69) is 101 Å². The number of hydrogen-bond donors (Lipinski definition) is 3. The van der Waals surface area contributed by atoms with E-state index in [1.54, 1.807) is 7.11 Å². The minimum Gasteiger partial charge on any atom is -0.480 e. The van der Waals surface area contributed by atoms with Crippen LogP contribution in [0.15, 0.2) is 30.5 Å². The third kappa shape index (κ3) is 9.98. The highest BCUT2D eigenvalue weighted by Gasteiger charge is 2.55. The largest absolute Gasteiger partial charge is 0.480 e. The number of ether oxygens (including phenoxy) is 4. The number of aromatic nitrogens is 2. The van der Waals surface area contributed by atoms with Gasteiger partial charge in [-0.05, 0) is 74.4 Å². The van der Waals surface area contributed by atoms with E-state index < -0.39 is 43.7 Å². The molecule has 1 saturated carbocycles. The van der Waals surface area contributed by atoms with Gasteiger partial charge in [-0.2, -0.15) is 0 Å². The summed E-state index contributed by atoms with van der Waals surface area (Å²) in [4.78, 5) is 41.0. The van der Waals surface area contributed by atoms with E-state index in [0.29, 0.717) is 52.4 Å². The Morgan fingerprint density at radius 1 is 1.05 bits per heavy atom. The number of amides is 1. The quantitative estimate of drug-likeness (QED) is 0.134. The van der Waals surface area contributed by atoms with Gasteiger partial charge < -0.3 is 48.8 Å². The number of nitrogens with one attached hydrogen (secondary N) is 1. The maximum Gasteiger partial charge on any atom is 0.407 e. The number of likely N-dealkylation sites (tertiary alicyclic amines) is 1. The van der Waals surface area contributed by atoms with Gasteiger partial charge in [0.05, 0.1) is 67.9 Å². The number of carboxylic acid groups (broad SMARTS) is 1. The van der Waals surface area contributed by atoms with Crippen molar-refractivity contribution >= 4 is 42.4 Å². The van der Waals surface area contributed by atoms with Crippen molar-refractivity contribution in [2.75, 3.05) is 102 Å². The number of anilines is 2. The number of hydrogen-bond acceptors (Lipinski definition) is 12. The zero-order valence-corrected chi connectivity index (χ0v) is 40.5. The lowest BCUT2D eigenvalue weighted by Gasteiger charge is -2.59. The summed E-state index contributed by atoms with van der Waals surface area (Å²) < 4.78 is 26.0. The second-order valence-corrected chi connectivity index (χ2v) is 26.8. The van der Waals surface area contributed by atoms with Crippen molar-refractivity contribution in [1.29, 1.82) is 0 Å². The molecule has 4 saturated heterocycles. The number of carbonyl (C=O) groups excluding carboxylic acids is 1. The summed E-state index contributed by atoms with van der Waals surface area (Å²) in [7, 11) is 0.261. The van der Waals surface area contributed by atoms with Crippen molar-refractivity contribution in [1.82, 2.24) is 24.7 Å². The molecule has 64 heavy (non-hydrogen) atoms. The van der Waals surface area contributed by atoms with Crippen LogP contribution in [0.2, 0.25) is 25.7 Å². The number of aliphatic hydroxyl groups excluding tert-OH is 1. The number of aliphatic hydroxyl groups is 1. The van der Waals surface area contributed by atoms with Crippen LogP contribution >= 0.6 is 0 Å². The van der Waals surface area contributed by atoms with Gasteiger partial charge in [-0.15, -0.1) is 0 Å². The molecule has 16 heteroatoms. The summed E-state index contributed by atoms with van der Waals surface area (Å²) in [5, 5.41) is 25.3. The number of pyridine rings is 1. The molecule has 0 radical (unpaired) electrons. The van der Waals surface area contributed by atoms with Crippen molar-refractivity contribution in [2.45, 2.75) is 110 Å². The van der Waals surface area contributed by atoms with Gasteiger partial charge in [0.25, 0.3) is 0 Å². The van der Waals surface area contributed by atoms with Crippen LogP contribution in [-0.4, -0.2) is 166 Å². The molecule has 1 aromatic carbocycles. The summed E-state index contributed by atoms with van der Waals surface area (Å²) in [6, 6.07) is 8.62. The van der Waals surface area contributed by atoms with E-state index in [0.717, 1.165) is 89.6 Å². The molecule has 1 aliphatic carbocycles. The van der Waals surface area contributed by atoms with Crippen molar-refractivity contribution in [3.05, 3.63) is 41.7 Å². The summed E-state index contributed by atoms with van der Waals surface area (Å²) in [6.45, 7) is 24.2. The van der Waals surface area contributed by atoms with Gasteiger partial charge in [0.15, 0.2) is 0 Å². The van der Waals surface area contributed by atoms with Crippen molar-refractivity contribution in [2.24, 2.45) is 10.8 Å². The molecule has 3 N–H and O–H groups in total. The third-order valence-corrected chi connectivity index (χ3v) is 16.0. The number of carbonyl (C=O) groups is 2. The summed E-state index contributed by atoms with van der Waals surface area (Å²) >= 11 is 0. The number of fused-ring (bicyclic) bond motifs is 1. The molecular weight excluding hydrogens is 831 g/mol. The SMILES string of the molecule is CCn1c(-c2cc(N3CCN(C4CC4)CC3)cnc2[C@H](C)OC)c(CC(C)(C)CO)c2cc(N3CCO[C@@H]([C@H]([C@H](NC(=O)OCC[Si](C)(C)C)C(=O)O)N4CC5(COC5)C4)C3)ccc21. The molecule has 1 spiro atoms. The number of morpholine rings is 1. The van der Waals surface area contributed by atoms with Gasteiger partial charge in [0.1, 0.15) is 6.04 Å². The Balaban J connectivity index is 1.14. The maximum absolute atomic E-state index is 13.2. The van der Waals surface area contributed by atoms with E-state index in [1.165, 1.54) is 12.8 Å². The minimum atomic E-state index is -1.47. The fraction of sp³-hybridized carbons (Fsp3) is 0.688. The highest BCUT2D eigenvalue weighted by molar-refractivity contribution is 6.76. The number of methoxy groups -OCH3 is 1. The van der Waals surface area contributed by atoms with E-state index in [9.17, 15) is 19.8 Å². The fourth-order valence-electron chi connectivity index (χ4n) is 10.3. The number of carboxylic acids is 1. The third-order valence-electron chi connectivity index (χ3n) is 14.3. The monoisotopic (exact) mass is 904 g/mol. The van der Waals surface area contributed by atoms with Crippen LogP contribution in [0.4, 0.5) is 16.2 Å². The van der Waals surface area contributed by atoms with Gasteiger partial charge in [0.2, 0.25) is 0 Å². The smallest absolute Gasteiger partial charge is 0.407 e. The number of nitrogens with zero attached hydrogens (tertiary/aromatic N) is 6. The van der Waals surface area contributed by atoms with Gasteiger partial charge in [-0.1, -0.05) is 33.5 Å². The Bertz CT molecular complexity index is 2140. The molecule has 352 valence electrons. The Labute approximate surface area is 380 Å². The standard InChI is InChI=1S/C48H73N7O8Si/c1-9-55-39-13-12-34(53-18-19-62-40(26-53)44(54-27-48(28-54)30-61-31-48)42(45(57)58)50-46(59)63-20-21-64(6,7)8)22-36(39)38(24-47(3,4)29-56)43(55)37-23-35(25-49-41(37)32(2)60-5)52-16-14-51(15-17-52)33-10-11-33/h12-13,22-23,25,32-33,40,42,44,56H,9-11,14-21,24,26-31H2,1-8H3,(H,50,59)(H,57,58)/t32-,40+,42-,44+/m0/s1. The molecule has 0 bridgehead atoms. The molecule has 4 aliphatic heterocycles. The number of piperazine rings is 1. The van der Waals surface area contributed by atoms with E-state index in [4.69, 9.17) is 23.9 Å². The summed E-state index contributed by atoms with van der Waals surface area (Å²) in [5.74, 6) is -1.12. The minimum absolute atomic E-state index is 0.0163. The zero-order valence-electron chi connectivity index (χ0n) is 39.5. The predicted octanol–water partition coefficient (Wildman–Crippen LogP) is 5.70. The van der Waals surface area contributed by atoms with Crippen molar-refractivity contribution in [3.63, 3.8) is 0 Å². The highest BCUT2D eigenvalue weighted by Crippen LogP contribution is 2.44. The molecule has 6 heterocycles. The average Bonchev–Trinajstić information content (AvgIpc) is 4.05. The lowest BCUT2D eigenvalue weighted by Crippen LogP contribution is -2.74. The maximum atomic E-state index is 13.2. The van der Waals surface area contributed by atoms with E-state index in [1.807, 2.05) is 6.20 Å². The average molecular weight is 904 g/mol. The molecule has 1 amide bonds. The number of aryl methyl sites for hydroxylation is 1. The van der Waals surface area contributed by atoms with Gasteiger partial charge in [-0.3, -0.25) is 14.8 Å². The topological polar surface area (TPSA) is 154 Å². The van der Waals surface area contributed by atoms with Crippen LogP contribution in [-0.2, 0) is 36.7 Å². The Hall–Kier alpha value is -3.77. The summed E-state index contributed by atoms with van der Waals surface area (Å²) in [6.07, 6.45) is 3.78. The van der Waals surface area contributed by atoms with E-state index in [-0.39, 0.29) is 24.7 Å². The van der Waals surface area contributed by atoms with Crippen LogP contribution in [0, 0.1) is 10.8 Å². The first-order valence-corrected chi connectivity index (χ1v) is 27.4. The number of alkyl carbamates (subject to hydrolysis) is 1. The van der Waals surface area contributed by atoms with Crippen molar-refractivity contribution in [3.8, 4) is 11.3 Å². The molecule has 0 unspecified atom stereocenters. The molecule has 2 aromatic heterocycles. The normalized spacial score (nSPS) is 22.2. The molecule has 4 atom stereocenters. The Morgan fingerprint density at radius 3 is 2.39 bits per heavy atom. The van der Waals surface area contributed by atoms with Gasteiger partial charge in [0, 0.05) is 114 Å². The van der Waals surface area contributed by atoms with Crippen LogP contribution in [0.3, 0.4) is 0 Å². The van der Waals surface area contributed by atoms with Crippen LogP contribution in [0.5, 0.6) is 0 Å². The Kier molecular flexibility index (Phi) is 13.8. The van der Waals surface area contributed by atoms with Crippen molar-refractivity contribution < 1.29 is 38.7 Å². The number of benzene rings is 1. The molecule has 5 fully saturated rings. The van der Waals surface area contributed by atoms with Crippen LogP contribution in [0.1, 0.15) is 57.9 Å². The molecule has 5 aliphatic rings.